The number of amides is 1. The summed E-state index contributed by atoms with van der Waals surface area (Å²) in [5.41, 5.74) is 2.01. The molecule has 26 heavy (non-hydrogen) atoms. The molecule has 136 valence electrons. The minimum absolute atomic E-state index is 0.000985. The molecule has 6 heteroatoms. The van der Waals surface area contributed by atoms with Crippen molar-refractivity contribution in [1.82, 2.24) is 9.88 Å². The van der Waals surface area contributed by atoms with Crippen LogP contribution in [-0.2, 0) is 9.59 Å². The molecule has 0 aromatic carbocycles. The average molecular weight is 354 g/mol. The summed E-state index contributed by atoms with van der Waals surface area (Å²) in [4.78, 5) is 29.8. The maximum atomic E-state index is 12.5. The van der Waals surface area contributed by atoms with Crippen LogP contribution in [0, 0.1) is 17.8 Å². The highest BCUT2D eigenvalue weighted by molar-refractivity contribution is 6.00. The van der Waals surface area contributed by atoms with Crippen LogP contribution in [0.25, 0.3) is 6.08 Å². The van der Waals surface area contributed by atoms with E-state index < -0.39 is 18.0 Å². The third-order valence-electron chi connectivity index (χ3n) is 5.89. The highest BCUT2D eigenvalue weighted by Gasteiger charge is 2.61. The van der Waals surface area contributed by atoms with Gasteiger partial charge in [-0.05, 0) is 43.0 Å². The molecule has 0 spiro atoms. The topological polar surface area (TPSA) is 90.7 Å². The number of aliphatic hydroxyl groups excluding tert-OH is 1. The molecule has 1 aliphatic carbocycles. The van der Waals surface area contributed by atoms with Crippen molar-refractivity contribution in [1.29, 1.82) is 0 Å². The number of pyridine rings is 1. The number of aromatic nitrogens is 1. The molecule has 5 atom stereocenters. The maximum Gasteiger partial charge on any atom is 0.352 e. The molecule has 0 bridgehead atoms. The minimum atomic E-state index is -1.05. The third-order valence-corrected chi connectivity index (χ3v) is 5.89. The maximum absolute atomic E-state index is 12.5. The zero-order valence-corrected chi connectivity index (χ0v) is 14.6. The first kappa shape index (κ1) is 17.0. The summed E-state index contributed by atoms with van der Waals surface area (Å²) in [6, 6.07) is 3.59. The van der Waals surface area contributed by atoms with Crippen molar-refractivity contribution in [3.63, 3.8) is 0 Å². The molecule has 4 rings (SSSR count). The fourth-order valence-corrected chi connectivity index (χ4v) is 4.83. The van der Waals surface area contributed by atoms with Crippen molar-refractivity contribution in [3.05, 3.63) is 47.4 Å². The lowest BCUT2D eigenvalue weighted by atomic mass is 9.69. The fraction of sp³-hybridized carbons (Fsp3) is 0.450. The highest BCUT2D eigenvalue weighted by atomic mass is 16.4. The number of hydrogen-bond donors (Lipinski definition) is 2. The quantitative estimate of drug-likeness (QED) is 0.808. The van der Waals surface area contributed by atoms with E-state index in [9.17, 15) is 19.8 Å². The van der Waals surface area contributed by atoms with E-state index in [-0.39, 0.29) is 29.5 Å². The van der Waals surface area contributed by atoms with Gasteiger partial charge in [-0.3, -0.25) is 9.78 Å². The number of carbonyl (C=O) groups is 2. The van der Waals surface area contributed by atoms with E-state index in [4.69, 9.17) is 0 Å². The van der Waals surface area contributed by atoms with Gasteiger partial charge in [-0.15, -0.1) is 0 Å². The molecule has 1 saturated carbocycles. The van der Waals surface area contributed by atoms with E-state index in [0.29, 0.717) is 0 Å². The van der Waals surface area contributed by atoms with E-state index >= 15 is 0 Å². The molecule has 1 saturated heterocycles. The van der Waals surface area contributed by atoms with Gasteiger partial charge in [0.1, 0.15) is 5.70 Å². The summed E-state index contributed by atoms with van der Waals surface area (Å²) < 4.78 is 0. The molecule has 3 aliphatic rings. The first-order valence-corrected chi connectivity index (χ1v) is 9.07. The molecule has 2 aliphatic heterocycles. The summed E-state index contributed by atoms with van der Waals surface area (Å²) in [5, 5.41) is 19.8. The minimum Gasteiger partial charge on any atom is -0.477 e. The Bertz CT molecular complexity index is 799. The van der Waals surface area contributed by atoms with Gasteiger partial charge in [-0.1, -0.05) is 18.6 Å². The fourth-order valence-electron chi connectivity index (χ4n) is 4.83. The summed E-state index contributed by atoms with van der Waals surface area (Å²) in [6.45, 7) is 1.61. The number of rotatable bonds is 4. The third kappa shape index (κ3) is 2.48. The SMILES string of the molecule is C[C@@H](O)[C@H]1C(=O)N2C(C(=O)O)=C3[C@@H](/C=C/c4ccncc4)CCC[C@@H]3[C@H]12. The molecule has 0 unspecified atom stereocenters. The second kappa shape index (κ2) is 6.36. The summed E-state index contributed by atoms with van der Waals surface area (Å²) in [5.74, 6) is -1.77. The number of carboxylic acid groups (broad SMARTS) is 1. The predicted octanol–water partition coefficient (Wildman–Crippen LogP) is 2.07. The normalized spacial score (nSPS) is 31.6. The van der Waals surface area contributed by atoms with Crippen molar-refractivity contribution >= 4 is 18.0 Å². The van der Waals surface area contributed by atoms with Crippen molar-refractivity contribution < 1.29 is 19.8 Å². The monoisotopic (exact) mass is 354 g/mol. The molecule has 1 aromatic rings. The Kier molecular flexibility index (Phi) is 4.15. The van der Waals surface area contributed by atoms with Gasteiger partial charge in [0, 0.05) is 24.2 Å². The number of aliphatic hydroxyl groups is 1. The Morgan fingerprint density at radius 2 is 2.08 bits per heavy atom. The molecule has 2 fully saturated rings. The van der Waals surface area contributed by atoms with Gasteiger partial charge in [0.15, 0.2) is 0 Å². The second-order valence-electron chi connectivity index (χ2n) is 7.36. The van der Waals surface area contributed by atoms with Gasteiger partial charge < -0.3 is 15.1 Å². The van der Waals surface area contributed by atoms with Crippen LogP contribution in [0.15, 0.2) is 41.9 Å². The van der Waals surface area contributed by atoms with Crippen LogP contribution >= 0.6 is 0 Å². The smallest absolute Gasteiger partial charge is 0.352 e. The number of hydrogen-bond acceptors (Lipinski definition) is 4. The number of allylic oxidation sites excluding steroid dienone is 1. The molecule has 3 heterocycles. The molecule has 6 nitrogen and oxygen atoms in total. The Balaban J connectivity index is 1.70. The van der Waals surface area contributed by atoms with Crippen LogP contribution in [-0.4, -0.2) is 44.1 Å². The van der Waals surface area contributed by atoms with Crippen molar-refractivity contribution in [3.8, 4) is 0 Å². The zero-order valence-electron chi connectivity index (χ0n) is 14.6. The lowest BCUT2D eigenvalue weighted by molar-refractivity contribution is -0.163. The predicted molar refractivity (Wildman–Crippen MR) is 94.6 cm³/mol. The number of β-lactam (4-membered cyclic amide) rings is 1. The lowest BCUT2D eigenvalue weighted by Crippen LogP contribution is -2.64. The Labute approximate surface area is 151 Å². The van der Waals surface area contributed by atoms with Crippen molar-refractivity contribution in [2.24, 2.45) is 17.8 Å². The van der Waals surface area contributed by atoms with Gasteiger partial charge in [0.2, 0.25) is 5.91 Å². The van der Waals surface area contributed by atoms with Crippen LogP contribution in [0.2, 0.25) is 0 Å². The van der Waals surface area contributed by atoms with Crippen LogP contribution in [0.4, 0.5) is 0 Å². The zero-order chi connectivity index (χ0) is 18.4. The van der Waals surface area contributed by atoms with E-state index in [1.807, 2.05) is 24.3 Å². The van der Waals surface area contributed by atoms with E-state index in [1.165, 1.54) is 4.90 Å². The average Bonchev–Trinajstić information content (AvgIpc) is 2.92. The van der Waals surface area contributed by atoms with Crippen LogP contribution in [0.1, 0.15) is 31.7 Å². The Morgan fingerprint density at radius 3 is 2.73 bits per heavy atom. The van der Waals surface area contributed by atoms with Crippen LogP contribution in [0.5, 0.6) is 0 Å². The summed E-state index contributed by atoms with van der Waals surface area (Å²) >= 11 is 0. The van der Waals surface area contributed by atoms with Crippen molar-refractivity contribution in [2.75, 3.05) is 0 Å². The van der Waals surface area contributed by atoms with Gasteiger partial charge in [0.25, 0.3) is 0 Å². The second-order valence-corrected chi connectivity index (χ2v) is 7.36. The summed E-state index contributed by atoms with van der Waals surface area (Å²) in [6.07, 6.45) is 9.44. The van der Waals surface area contributed by atoms with Gasteiger partial charge in [-0.25, -0.2) is 4.79 Å². The lowest BCUT2D eigenvalue weighted by Gasteiger charge is -2.47. The Morgan fingerprint density at radius 1 is 1.35 bits per heavy atom. The highest BCUT2D eigenvalue weighted by Crippen LogP contribution is 2.54. The first-order valence-electron chi connectivity index (χ1n) is 9.07. The molecule has 2 N–H and O–H groups in total. The van der Waals surface area contributed by atoms with E-state index in [0.717, 1.165) is 30.4 Å². The van der Waals surface area contributed by atoms with Gasteiger partial charge in [-0.2, -0.15) is 0 Å². The molecular weight excluding hydrogens is 332 g/mol. The molecule has 0 radical (unpaired) electrons. The number of carbonyl (C=O) groups excluding carboxylic acids is 1. The first-order chi connectivity index (χ1) is 12.5. The molecule has 1 amide bonds. The van der Waals surface area contributed by atoms with Crippen LogP contribution in [0.3, 0.4) is 0 Å². The molecule has 1 aromatic heterocycles. The van der Waals surface area contributed by atoms with E-state index in [1.54, 1.807) is 19.3 Å². The molecular formula is C20H22N2O4. The standard InChI is InChI=1S/C20H22N2O4/c1-11(23)15-17-14-4-2-3-13(6-5-12-7-9-21-10-8-12)16(14)18(20(25)26)22(17)19(15)24/h5-11,13-15,17,23H,2-4H2,1H3,(H,25,26)/b6-5+/t11-,13-,14+,15-,17-/m1/s1. The number of fused-ring (bicyclic) bond motifs is 3. The summed E-state index contributed by atoms with van der Waals surface area (Å²) in [7, 11) is 0. The van der Waals surface area contributed by atoms with Crippen molar-refractivity contribution in [2.45, 2.75) is 38.3 Å². The number of carboxylic acids is 1. The van der Waals surface area contributed by atoms with Gasteiger partial charge >= 0.3 is 5.97 Å². The largest absolute Gasteiger partial charge is 0.477 e. The van der Waals surface area contributed by atoms with Gasteiger partial charge in [0.05, 0.1) is 18.1 Å². The number of nitrogens with zero attached hydrogens (tertiary/aromatic N) is 2. The van der Waals surface area contributed by atoms with E-state index in [2.05, 4.69) is 4.98 Å². The van der Waals surface area contributed by atoms with Crippen LogP contribution < -0.4 is 0 Å². The number of aliphatic carboxylic acids is 1. The Hall–Kier alpha value is -2.47.